The van der Waals surface area contributed by atoms with Crippen LogP contribution >= 0.6 is 11.8 Å². The van der Waals surface area contributed by atoms with Crippen LogP contribution < -0.4 is 10.1 Å². The molecule has 1 saturated heterocycles. The first-order valence-corrected chi connectivity index (χ1v) is 14.7. The molecule has 212 valence electrons. The first-order chi connectivity index (χ1) is 19.2. The molecule has 2 aromatic carbocycles. The van der Waals surface area contributed by atoms with Crippen LogP contribution in [0.1, 0.15) is 49.2 Å². The van der Waals surface area contributed by atoms with Crippen molar-refractivity contribution in [3.8, 4) is 5.75 Å². The third kappa shape index (κ3) is 7.53. The van der Waals surface area contributed by atoms with E-state index in [1.807, 2.05) is 62.4 Å². The van der Waals surface area contributed by atoms with Crippen LogP contribution in [0.2, 0.25) is 0 Å². The SMILES string of the molecule is COc1cccc2[nH]c(C(=O)C[C@@H](CC(C)C)C(=O)CN(C[C@@H]3CCNC3=O)C(=O)SCc3ccccc3)cc12. The number of nitrogens with one attached hydrogen (secondary N) is 2. The van der Waals surface area contributed by atoms with Gasteiger partial charge < -0.3 is 19.9 Å². The summed E-state index contributed by atoms with van der Waals surface area (Å²) in [7, 11) is 1.58. The van der Waals surface area contributed by atoms with Crippen molar-refractivity contribution in [2.24, 2.45) is 17.8 Å². The number of aromatic nitrogens is 1. The van der Waals surface area contributed by atoms with E-state index in [0.717, 1.165) is 28.2 Å². The number of aromatic amines is 1. The Labute approximate surface area is 239 Å². The predicted octanol–water partition coefficient (Wildman–Crippen LogP) is 5.47. The number of benzene rings is 2. The molecule has 8 nitrogen and oxygen atoms in total. The zero-order valence-electron chi connectivity index (χ0n) is 23.3. The smallest absolute Gasteiger partial charge is 0.282 e. The van der Waals surface area contributed by atoms with Crippen LogP contribution in [0, 0.1) is 17.8 Å². The van der Waals surface area contributed by atoms with Gasteiger partial charge >= 0.3 is 0 Å². The van der Waals surface area contributed by atoms with Gasteiger partial charge in [-0.05, 0) is 42.5 Å². The van der Waals surface area contributed by atoms with Crippen molar-refractivity contribution in [1.29, 1.82) is 0 Å². The molecular weight excluding hydrogens is 526 g/mol. The number of H-pyrrole nitrogens is 1. The number of thioether (sulfide) groups is 1. The van der Waals surface area contributed by atoms with Crippen molar-refractivity contribution >= 4 is 45.4 Å². The van der Waals surface area contributed by atoms with E-state index in [2.05, 4.69) is 10.3 Å². The van der Waals surface area contributed by atoms with E-state index in [-0.39, 0.29) is 54.1 Å². The number of Topliss-reactive ketones (excluding diaryl/α,β-unsaturated/α-hetero) is 2. The summed E-state index contributed by atoms with van der Waals surface area (Å²) >= 11 is 1.13. The highest BCUT2D eigenvalue weighted by atomic mass is 32.2. The van der Waals surface area contributed by atoms with E-state index in [4.69, 9.17) is 4.74 Å². The van der Waals surface area contributed by atoms with Crippen LogP contribution in [0.15, 0.2) is 54.6 Å². The van der Waals surface area contributed by atoms with E-state index in [1.54, 1.807) is 13.2 Å². The summed E-state index contributed by atoms with van der Waals surface area (Å²) in [6.45, 7) is 4.65. The number of hydrogen-bond donors (Lipinski definition) is 2. The van der Waals surface area contributed by atoms with E-state index >= 15 is 0 Å². The number of hydrogen-bond acceptors (Lipinski definition) is 6. The second-order valence-corrected chi connectivity index (χ2v) is 11.6. The minimum absolute atomic E-state index is 0.0370. The average molecular weight is 564 g/mol. The fourth-order valence-corrected chi connectivity index (χ4v) is 5.91. The van der Waals surface area contributed by atoms with Gasteiger partial charge in [0.1, 0.15) is 5.75 Å². The molecule has 9 heteroatoms. The molecule has 0 unspecified atom stereocenters. The van der Waals surface area contributed by atoms with E-state index in [9.17, 15) is 19.2 Å². The summed E-state index contributed by atoms with van der Waals surface area (Å²) in [5.74, 6) is 0.00244. The quantitative estimate of drug-likeness (QED) is 0.267. The molecule has 2 amide bonds. The lowest BCUT2D eigenvalue weighted by atomic mass is 9.88. The zero-order valence-corrected chi connectivity index (χ0v) is 24.1. The molecule has 1 aliphatic rings. The number of carbonyl (C=O) groups is 4. The second kappa shape index (κ2) is 13.7. The molecule has 0 aliphatic carbocycles. The summed E-state index contributed by atoms with van der Waals surface area (Å²) in [6.07, 6.45) is 1.18. The molecule has 0 radical (unpaired) electrons. The van der Waals surface area contributed by atoms with E-state index in [1.165, 1.54) is 4.90 Å². The molecule has 0 bridgehead atoms. The first kappa shape index (κ1) is 29.4. The zero-order chi connectivity index (χ0) is 28.6. The number of rotatable bonds is 13. The molecule has 2 N–H and O–H groups in total. The molecule has 1 aromatic heterocycles. The fourth-order valence-electron chi connectivity index (χ4n) is 5.10. The van der Waals surface area contributed by atoms with Gasteiger partial charge in [0.15, 0.2) is 11.6 Å². The number of ketones is 2. The van der Waals surface area contributed by atoms with Gasteiger partial charge in [-0.2, -0.15) is 0 Å². The normalized spacial score (nSPS) is 15.7. The highest BCUT2D eigenvalue weighted by molar-refractivity contribution is 8.12. The Bertz CT molecular complexity index is 1350. The Morgan fingerprint density at radius 2 is 1.88 bits per heavy atom. The minimum Gasteiger partial charge on any atom is -0.496 e. The highest BCUT2D eigenvalue weighted by Crippen LogP contribution is 2.28. The Balaban J connectivity index is 1.49. The van der Waals surface area contributed by atoms with Crippen LogP contribution in [0.25, 0.3) is 10.9 Å². The van der Waals surface area contributed by atoms with Crippen LogP contribution in [-0.4, -0.2) is 59.3 Å². The van der Waals surface area contributed by atoms with Crippen LogP contribution in [-0.2, 0) is 15.3 Å². The van der Waals surface area contributed by atoms with E-state index in [0.29, 0.717) is 36.6 Å². The van der Waals surface area contributed by atoms with Crippen molar-refractivity contribution in [2.75, 3.05) is 26.7 Å². The molecule has 0 spiro atoms. The molecule has 2 heterocycles. The summed E-state index contributed by atoms with van der Waals surface area (Å²) in [6, 6.07) is 17.0. The predicted molar refractivity (Wildman–Crippen MR) is 158 cm³/mol. The average Bonchev–Trinajstić information content (AvgIpc) is 3.57. The highest BCUT2D eigenvalue weighted by Gasteiger charge is 2.32. The van der Waals surface area contributed by atoms with Crippen LogP contribution in [0.5, 0.6) is 5.75 Å². The summed E-state index contributed by atoms with van der Waals surface area (Å²) < 4.78 is 5.42. The van der Waals surface area contributed by atoms with Crippen LogP contribution in [0.4, 0.5) is 4.79 Å². The maximum atomic E-state index is 13.7. The maximum absolute atomic E-state index is 13.7. The molecule has 1 fully saturated rings. The number of fused-ring (bicyclic) bond motifs is 1. The van der Waals surface area contributed by atoms with Crippen molar-refractivity contribution in [2.45, 2.75) is 38.9 Å². The summed E-state index contributed by atoms with van der Waals surface area (Å²) in [5, 5.41) is 3.38. The van der Waals surface area contributed by atoms with E-state index < -0.39 is 5.92 Å². The molecular formula is C31H37N3O5S. The number of nitrogens with zero attached hydrogens (tertiary/aromatic N) is 1. The van der Waals surface area contributed by atoms with Gasteiger partial charge in [-0.15, -0.1) is 0 Å². The Hall–Kier alpha value is -3.59. The third-order valence-electron chi connectivity index (χ3n) is 7.20. The Morgan fingerprint density at radius 3 is 2.55 bits per heavy atom. The minimum atomic E-state index is -0.548. The second-order valence-electron chi connectivity index (χ2n) is 10.7. The first-order valence-electron chi connectivity index (χ1n) is 13.7. The monoisotopic (exact) mass is 563 g/mol. The Morgan fingerprint density at radius 1 is 1.10 bits per heavy atom. The largest absolute Gasteiger partial charge is 0.496 e. The number of methoxy groups -OCH3 is 1. The van der Waals surface area contributed by atoms with Gasteiger partial charge in [-0.3, -0.25) is 19.2 Å². The molecule has 0 saturated carbocycles. The van der Waals surface area contributed by atoms with Gasteiger partial charge in [0.25, 0.3) is 5.24 Å². The maximum Gasteiger partial charge on any atom is 0.282 e. The molecule has 2 atom stereocenters. The molecule has 1 aliphatic heterocycles. The van der Waals surface area contributed by atoms with Gasteiger partial charge in [0.05, 0.1) is 25.3 Å². The number of ether oxygens (including phenoxy) is 1. The van der Waals surface area contributed by atoms with Crippen molar-refractivity contribution < 1.29 is 23.9 Å². The van der Waals surface area contributed by atoms with Crippen LogP contribution in [0.3, 0.4) is 0 Å². The van der Waals surface area contributed by atoms with Crippen molar-refractivity contribution in [3.05, 3.63) is 65.9 Å². The number of carbonyl (C=O) groups excluding carboxylic acids is 4. The molecule has 4 rings (SSSR count). The van der Waals surface area contributed by atoms with Gasteiger partial charge in [-0.1, -0.05) is 62.0 Å². The lowest BCUT2D eigenvalue weighted by molar-refractivity contribution is -0.126. The Kier molecular flexibility index (Phi) is 10.0. The fraction of sp³-hybridized carbons (Fsp3) is 0.419. The third-order valence-corrected chi connectivity index (χ3v) is 8.18. The van der Waals surface area contributed by atoms with Gasteiger partial charge in [-0.25, -0.2) is 0 Å². The lowest BCUT2D eigenvalue weighted by Crippen LogP contribution is -2.41. The number of amides is 2. The summed E-state index contributed by atoms with van der Waals surface area (Å²) in [5.41, 5.74) is 2.22. The summed E-state index contributed by atoms with van der Waals surface area (Å²) in [4.78, 5) is 57.3. The standard InChI is InChI=1S/C31H37N3O5S/c1-20(2)14-23(15-27(35)26-16-24-25(33-26)10-7-11-29(24)39-3)28(36)18-34(17-22-12-13-32-30(22)37)31(38)40-19-21-8-5-4-6-9-21/h4-11,16,20,22-23,33H,12-15,17-19H2,1-3H3,(H,32,37)/t22-,23+/m0/s1. The topological polar surface area (TPSA) is 109 Å². The molecule has 3 aromatic rings. The van der Waals surface area contributed by atoms with Crippen molar-refractivity contribution in [3.63, 3.8) is 0 Å². The lowest BCUT2D eigenvalue weighted by Gasteiger charge is -2.26. The van der Waals surface area contributed by atoms with Gasteiger partial charge in [0.2, 0.25) is 5.91 Å². The van der Waals surface area contributed by atoms with Gasteiger partial charge in [0, 0.05) is 42.1 Å². The van der Waals surface area contributed by atoms with Crippen molar-refractivity contribution in [1.82, 2.24) is 15.2 Å². The molecule has 40 heavy (non-hydrogen) atoms.